The van der Waals surface area contributed by atoms with E-state index in [9.17, 15) is 9.90 Å². The van der Waals surface area contributed by atoms with Gasteiger partial charge in [0.2, 0.25) is 5.91 Å². The summed E-state index contributed by atoms with van der Waals surface area (Å²) in [5, 5.41) is 15.8. The number of amides is 1. The Morgan fingerprint density at radius 1 is 1.24 bits per heavy atom. The normalized spacial score (nSPS) is 12.9. The number of carbonyl (C=O) groups is 1. The molecule has 17 heavy (non-hydrogen) atoms. The van der Waals surface area contributed by atoms with E-state index in [2.05, 4.69) is 24.5 Å². The number of nitrogens with one attached hydrogen (secondary N) is 2. The predicted octanol–water partition coefficient (Wildman–Crippen LogP) is 1.29. The lowest BCUT2D eigenvalue weighted by Gasteiger charge is -2.38. The summed E-state index contributed by atoms with van der Waals surface area (Å²) in [6, 6.07) is 0. The van der Waals surface area contributed by atoms with Gasteiger partial charge in [0.25, 0.3) is 0 Å². The Labute approximate surface area is 105 Å². The average molecular weight is 244 g/mol. The van der Waals surface area contributed by atoms with Gasteiger partial charge in [-0.15, -0.1) is 0 Å². The quantitative estimate of drug-likeness (QED) is 0.632. The second kappa shape index (κ2) is 6.36. The number of carbonyl (C=O) groups excluding carboxylic acids is 1. The van der Waals surface area contributed by atoms with Crippen LogP contribution in [0.3, 0.4) is 0 Å². The molecule has 0 aromatic rings. The van der Waals surface area contributed by atoms with Gasteiger partial charge >= 0.3 is 0 Å². The molecule has 0 aliphatic heterocycles. The van der Waals surface area contributed by atoms with Gasteiger partial charge in [-0.05, 0) is 40.0 Å². The highest BCUT2D eigenvalue weighted by Crippen LogP contribution is 2.19. The van der Waals surface area contributed by atoms with E-state index in [1.54, 1.807) is 13.8 Å². The van der Waals surface area contributed by atoms with Crippen molar-refractivity contribution in [3.63, 3.8) is 0 Å². The van der Waals surface area contributed by atoms with Gasteiger partial charge in [0, 0.05) is 12.1 Å². The monoisotopic (exact) mass is 244 g/mol. The molecule has 3 N–H and O–H groups in total. The molecule has 0 saturated carbocycles. The van der Waals surface area contributed by atoms with Crippen molar-refractivity contribution in [1.29, 1.82) is 0 Å². The average Bonchev–Trinajstić information content (AvgIpc) is 2.12. The molecule has 0 unspecified atom stereocenters. The highest BCUT2D eigenvalue weighted by molar-refractivity contribution is 5.78. The summed E-state index contributed by atoms with van der Waals surface area (Å²) >= 11 is 0. The molecule has 0 aromatic carbocycles. The van der Waals surface area contributed by atoms with Crippen molar-refractivity contribution in [1.82, 2.24) is 10.6 Å². The molecule has 0 heterocycles. The molecule has 0 aliphatic rings. The molecule has 0 atom stereocenters. The van der Waals surface area contributed by atoms with Crippen LogP contribution in [0.5, 0.6) is 0 Å². The van der Waals surface area contributed by atoms with Gasteiger partial charge in [-0.3, -0.25) is 4.79 Å². The Kier molecular flexibility index (Phi) is 6.13. The van der Waals surface area contributed by atoms with Crippen LogP contribution in [0.4, 0.5) is 0 Å². The molecule has 4 heteroatoms. The lowest BCUT2D eigenvalue weighted by Crippen LogP contribution is -2.57. The van der Waals surface area contributed by atoms with Gasteiger partial charge in [0.1, 0.15) is 0 Å². The van der Waals surface area contributed by atoms with Crippen molar-refractivity contribution in [3.8, 4) is 0 Å². The summed E-state index contributed by atoms with van der Waals surface area (Å²) in [7, 11) is 0. The summed E-state index contributed by atoms with van der Waals surface area (Å²) in [6.45, 7) is 12.4. The third kappa shape index (κ3) is 6.64. The van der Waals surface area contributed by atoms with Crippen molar-refractivity contribution in [2.75, 3.05) is 13.1 Å². The zero-order valence-electron chi connectivity index (χ0n) is 12.1. The van der Waals surface area contributed by atoms with Crippen LogP contribution >= 0.6 is 0 Å². The van der Waals surface area contributed by atoms with Crippen LogP contribution < -0.4 is 10.6 Å². The Hall–Kier alpha value is -0.610. The molecule has 0 spiro atoms. The first kappa shape index (κ1) is 16.4. The van der Waals surface area contributed by atoms with Crippen LogP contribution in [0, 0.1) is 5.92 Å². The number of hydrogen-bond acceptors (Lipinski definition) is 3. The van der Waals surface area contributed by atoms with Crippen LogP contribution in [0.15, 0.2) is 0 Å². The van der Waals surface area contributed by atoms with Gasteiger partial charge < -0.3 is 15.7 Å². The minimum atomic E-state index is -0.870. The summed E-state index contributed by atoms with van der Waals surface area (Å²) in [6.07, 6.45) is 0.987. The second-order valence-corrected chi connectivity index (χ2v) is 6.07. The van der Waals surface area contributed by atoms with Crippen LogP contribution in [-0.2, 0) is 4.79 Å². The molecule has 0 aliphatic carbocycles. The maximum Gasteiger partial charge on any atom is 0.233 e. The molecular weight excluding hydrogens is 216 g/mol. The number of aliphatic hydroxyl groups is 1. The van der Waals surface area contributed by atoms with Gasteiger partial charge in [-0.1, -0.05) is 13.8 Å². The first-order chi connectivity index (χ1) is 7.56. The van der Waals surface area contributed by atoms with Gasteiger partial charge in [0.05, 0.1) is 12.1 Å². The van der Waals surface area contributed by atoms with Crippen LogP contribution in [0.25, 0.3) is 0 Å². The second-order valence-electron chi connectivity index (χ2n) is 6.07. The van der Waals surface area contributed by atoms with Crippen molar-refractivity contribution >= 4 is 5.91 Å². The zero-order chi connectivity index (χ0) is 13.7. The van der Waals surface area contributed by atoms with Gasteiger partial charge in [-0.25, -0.2) is 0 Å². The van der Waals surface area contributed by atoms with E-state index in [1.807, 2.05) is 13.8 Å². The Bertz CT molecular complexity index is 242. The van der Waals surface area contributed by atoms with Crippen molar-refractivity contribution in [3.05, 3.63) is 0 Å². The van der Waals surface area contributed by atoms with Gasteiger partial charge in [0.15, 0.2) is 0 Å². The van der Waals surface area contributed by atoms with E-state index in [-0.39, 0.29) is 12.5 Å². The first-order valence-corrected chi connectivity index (χ1v) is 6.30. The predicted molar refractivity (Wildman–Crippen MR) is 70.8 cm³/mol. The fourth-order valence-corrected chi connectivity index (χ4v) is 1.08. The molecule has 0 radical (unpaired) electrons. The smallest absolute Gasteiger partial charge is 0.233 e. The van der Waals surface area contributed by atoms with Crippen LogP contribution in [0.1, 0.15) is 48.0 Å². The van der Waals surface area contributed by atoms with E-state index in [1.165, 1.54) is 0 Å². The van der Waals surface area contributed by atoms with Gasteiger partial charge in [-0.2, -0.15) is 0 Å². The largest absolute Gasteiger partial charge is 0.389 e. The third-order valence-electron chi connectivity index (χ3n) is 3.26. The summed E-state index contributed by atoms with van der Waals surface area (Å²) in [5.74, 6) is 0.569. The maximum atomic E-state index is 11.5. The SMILES string of the molecule is CC(C)CCNC(=O)CNC(C)(C)C(C)(C)O. The molecule has 0 rings (SSSR count). The summed E-state index contributed by atoms with van der Waals surface area (Å²) < 4.78 is 0. The molecular formula is C13H28N2O2. The minimum absolute atomic E-state index is 0.0250. The molecule has 102 valence electrons. The zero-order valence-corrected chi connectivity index (χ0v) is 12.1. The van der Waals surface area contributed by atoms with Crippen molar-refractivity contribution in [2.24, 2.45) is 5.92 Å². The fourth-order valence-electron chi connectivity index (χ4n) is 1.08. The van der Waals surface area contributed by atoms with E-state index in [4.69, 9.17) is 0 Å². The molecule has 0 fully saturated rings. The Morgan fingerprint density at radius 2 is 1.76 bits per heavy atom. The standard InChI is InChI=1S/C13H28N2O2/c1-10(2)7-8-14-11(16)9-15-12(3,4)13(5,6)17/h10,15,17H,7-9H2,1-6H3,(H,14,16). The number of hydrogen-bond donors (Lipinski definition) is 3. The lowest BCUT2D eigenvalue weighted by molar-refractivity contribution is -0.121. The minimum Gasteiger partial charge on any atom is -0.389 e. The molecule has 0 saturated heterocycles. The number of rotatable bonds is 7. The molecule has 4 nitrogen and oxygen atoms in total. The Morgan fingerprint density at radius 3 is 2.18 bits per heavy atom. The van der Waals surface area contributed by atoms with Crippen molar-refractivity contribution in [2.45, 2.75) is 59.1 Å². The summed E-state index contributed by atoms with van der Waals surface area (Å²) in [4.78, 5) is 11.5. The first-order valence-electron chi connectivity index (χ1n) is 6.30. The lowest BCUT2D eigenvalue weighted by atomic mass is 9.86. The van der Waals surface area contributed by atoms with Crippen LogP contribution in [-0.4, -0.2) is 35.2 Å². The fraction of sp³-hybridized carbons (Fsp3) is 0.923. The third-order valence-corrected chi connectivity index (χ3v) is 3.26. The molecule has 0 bridgehead atoms. The maximum absolute atomic E-state index is 11.5. The molecule has 1 amide bonds. The Balaban J connectivity index is 3.92. The topological polar surface area (TPSA) is 61.4 Å². The molecule has 0 aromatic heterocycles. The summed E-state index contributed by atoms with van der Waals surface area (Å²) in [5.41, 5.74) is -1.37. The van der Waals surface area contributed by atoms with Crippen LogP contribution in [0.2, 0.25) is 0 Å². The van der Waals surface area contributed by atoms with E-state index in [0.717, 1.165) is 6.42 Å². The van der Waals surface area contributed by atoms with E-state index in [0.29, 0.717) is 12.5 Å². The highest BCUT2D eigenvalue weighted by atomic mass is 16.3. The highest BCUT2D eigenvalue weighted by Gasteiger charge is 2.34. The van der Waals surface area contributed by atoms with E-state index >= 15 is 0 Å². The van der Waals surface area contributed by atoms with Crippen molar-refractivity contribution < 1.29 is 9.90 Å². The van der Waals surface area contributed by atoms with E-state index < -0.39 is 11.1 Å².